The van der Waals surface area contributed by atoms with Crippen molar-refractivity contribution >= 4 is 21.4 Å². The number of anilines is 1. The first-order valence-electron chi connectivity index (χ1n) is 9.44. The van der Waals surface area contributed by atoms with Crippen LogP contribution in [0.4, 0.5) is 18.9 Å². The SMILES string of the molecule is COc1cc(OC)cc(Oc2ccnc(S(=O)(=O)CC(=O)Nc3cccc(C(F)(F)F)c3)n2)c1. The summed E-state index contributed by atoms with van der Waals surface area (Å²) >= 11 is 0. The van der Waals surface area contributed by atoms with E-state index in [0.717, 1.165) is 18.3 Å². The molecule has 1 aromatic heterocycles. The van der Waals surface area contributed by atoms with Crippen molar-refractivity contribution in [2.45, 2.75) is 11.3 Å². The number of benzene rings is 2. The van der Waals surface area contributed by atoms with E-state index < -0.39 is 38.4 Å². The summed E-state index contributed by atoms with van der Waals surface area (Å²) in [5, 5.41) is 1.43. The lowest BCUT2D eigenvalue weighted by molar-refractivity contribution is -0.137. The third-order valence-electron chi connectivity index (χ3n) is 4.23. The van der Waals surface area contributed by atoms with E-state index in [1.165, 1.54) is 38.5 Å². The molecule has 0 radical (unpaired) electrons. The van der Waals surface area contributed by atoms with Gasteiger partial charge in [0.25, 0.3) is 5.16 Å². The Morgan fingerprint density at radius 3 is 2.26 bits per heavy atom. The van der Waals surface area contributed by atoms with Crippen molar-refractivity contribution in [3.8, 4) is 23.1 Å². The molecule has 0 bridgehead atoms. The van der Waals surface area contributed by atoms with E-state index in [1.54, 1.807) is 6.07 Å². The number of amides is 1. The molecule has 0 spiro atoms. The molecule has 3 aromatic rings. The van der Waals surface area contributed by atoms with Crippen molar-refractivity contribution < 1.29 is 40.6 Å². The van der Waals surface area contributed by atoms with Crippen LogP contribution >= 0.6 is 0 Å². The average molecular weight is 497 g/mol. The first-order chi connectivity index (χ1) is 16.0. The summed E-state index contributed by atoms with van der Waals surface area (Å²) in [6.45, 7) is 0. The van der Waals surface area contributed by atoms with Crippen molar-refractivity contribution in [3.63, 3.8) is 0 Å². The lowest BCUT2D eigenvalue weighted by Crippen LogP contribution is -2.24. The van der Waals surface area contributed by atoms with Crippen LogP contribution < -0.4 is 19.5 Å². The van der Waals surface area contributed by atoms with Crippen LogP contribution in [-0.4, -0.2) is 44.3 Å². The lowest BCUT2D eigenvalue weighted by atomic mass is 10.2. The molecule has 1 amide bonds. The van der Waals surface area contributed by atoms with Gasteiger partial charge in [0.05, 0.1) is 19.8 Å². The molecule has 0 saturated carbocycles. The van der Waals surface area contributed by atoms with Crippen LogP contribution in [0.3, 0.4) is 0 Å². The van der Waals surface area contributed by atoms with Crippen LogP contribution in [0, 0.1) is 0 Å². The van der Waals surface area contributed by atoms with Gasteiger partial charge in [-0.1, -0.05) is 6.07 Å². The second-order valence-corrected chi connectivity index (χ2v) is 8.60. The first kappa shape index (κ1) is 24.8. The van der Waals surface area contributed by atoms with Crippen LogP contribution in [0.25, 0.3) is 0 Å². The number of rotatable bonds is 8. The number of alkyl halides is 3. The number of hydrogen-bond donors (Lipinski definition) is 1. The van der Waals surface area contributed by atoms with Crippen molar-refractivity contribution in [1.82, 2.24) is 9.97 Å². The molecular weight excluding hydrogens is 479 g/mol. The summed E-state index contributed by atoms with van der Waals surface area (Å²) in [6, 6.07) is 9.74. The minimum Gasteiger partial charge on any atom is -0.496 e. The number of hydrogen-bond acceptors (Lipinski definition) is 8. The van der Waals surface area contributed by atoms with E-state index in [9.17, 15) is 26.4 Å². The van der Waals surface area contributed by atoms with E-state index in [-0.39, 0.29) is 17.3 Å². The smallest absolute Gasteiger partial charge is 0.416 e. The number of nitrogens with one attached hydrogen (secondary N) is 1. The maximum Gasteiger partial charge on any atom is 0.416 e. The molecule has 1 N–H and O–H groups in total. The van der Waals surface area contributed by atoms with Crippen LogP contribution in [-0.2, 0) is 20.8 Å². The quantitative estimate of drug-likeness (QED) is 0.468. The molecule has 0 saturated heterocycles. The van der Waals surface area contributed by atoms with Crippen molar-refractivity contribution in [3.05, 3.63) is 60.3 Å². The summed E-state index contributed by atoms with van der Waals surface area (Å²) in [7, 11) is -1.46. The molecule has 13 heteroatoms. The third kappa shape index (κ3) is 6.34. The molecule has 0 atom stereocenters. The van der Waals surface area contributed by atoms with Crippen molar-refractivity contribution in [1.29, 1.82) is 0 Å². The minimum absolute atomic E-state index is 0.137. The summed E-state index contributed by atoms with van der Waals surface area (Å²) in [5.74, 6) is -1.22. The van der Waals surface area contributed by atoms with Gasteiger partial charge in [0.1, 0.15) is 23.0 Å². The topological polar surface area (TPSA) is 117 Å². The Labute approximate surface area is 192 Å². The zero-order valence-electron chi connectivity index (χ0n) is 17.8. The minimum atomic E-state index is -4.62. The van der Waals surface area contributed by atoms with Gasteiger partial charge in [-0.25, -0.2) is 13.4 Å². The lowest BCUT2D eigenvalue weighted by Gasteiger charge is -2.11. The van der Waals surface area contributed by atoms with E-state index in [4.69, 9.17) is 14.2 Å². The predicted octanol–water partition coefficient (Wildman–Crippen LogP) is 3.72. The van der Waals surface area contributed by atoms with Crippen molar-refractivity contribution in [2.75, 3.05) is 25.3 Å². The second kappa shape index (κ2) is 9.95. The van der Waals surface area contributed by atoms with Crippen molar-refractivity contribution in [2.24, 2.45) is 0 Å². The Morgan fingerprint density at radius 2 is 1.65 bits per heavy atom. The van der Waals surface area contributed by atoms with Crippen LogP contribution in [0.15, 0.2) is 59.9 Å². The molecular formula is C21H18F3N3O6S. The van der Waals surface area contributed by atoms with Gasteiger partial charge in [0.15, 0.2) is 0 Å². The van der Waals surface area contributed by atoms with Gasteiger partial charge in [-0.05, 0) is 18.2 Å². The van der Waals surface area contributed by atoms with Gasteiger partial charge in [0, 0.05) is 36.1 Å². The Balaban J connectivity index is 1.75. The maximum absolute atomic E-state index is 12.8. The van der Waals surface area contributed by atoms with Gasteiger partial charge in [0.2, 0.25) is 21.6 Å². The standard InChI is InChI=1S/C21H18F3N3O6S/c1-31-15-9-16(32-2)11-17(10-15)33-19-6-7-25-20(27-19)34(29,30)12-18(28)26-14-5-3-4-13(8-14)21(22,23)24/h3-11H,12H2,1-2H3,(H,26,28). The number of carbonyl (C=O) groups excluding carboxylic acids is 1. The number of nitrogens with zero attached hydrogens (tertiary/aromatic N) is 2. The van der Waals surface area contributed by atoms with Gasteiger partial charge in [-0.15, -0.1) is 0 Å². The molecule has 2 aromatic carbocycles. The zero-order chi connectivity index (χ0) is 24.9. The second-order valence-electron chi connectivity index (χ2n) is 6.71. The fraction of sp³-hybridized carbons (Fsp3) is 0.190. The monoisotopic (exact) mass is 497 g/mol. The Bertz CT molecular complexity index is 1280. The highest BCUT2D eigenvalue weighted by atomic mass is 32.2. The molecule has 34 heavy (non-hydrogen) atoms. The molecule has 0 aliphatic rings. The van der Waals surface area contributed by atoms with E-state index in [2.05, 4.69) is 15.3 Å². The van der Waals surface area contributed by atoms with E-state index >= 15 is 0 Å². The number of carbonyl (C=O) groups is 1. The van der Waals surface area contributed by atoms with Gasteiger partial charge in [-0.3, -0.25) is 4.79 Å². The number of halogens is 3. The van der Waals surface area contributed by atoms with E-state index in [0.29, 0.717) is 17.6 Å². The van der Waals surface area contributed by atoms with Gasteiger partial charge in [-0.2, -0.15) is 18.2 Å². The normalized spacial score (nSPS) is 11.6. The Morgan fingerprint density at radius 1 is 1.00 bits per heavy atom. The number of ether oxygens (including phenoxy) is 3. The van der Waals surface area contributed by atoms with Gasteiger partial charge >= 0.3 is 6.18 Å². The molecule has 0 aliphatic carbocycles. The third-order valence-corrected chi connectivity index (χ3v) is 5.62. The number of methoxy groups -OCH3 is 2. The predicted molar refractivity (Wildman–Crippen MR) is 114 cm³/mol. The molecule has 9 nitrogen and oxygen atoms in total. The van der Waals surface area contributed by atoms with Gasteiger partial charge < -0.3 is 19.5 Å². The molecule has 0 fully saturated rings. The Kier molecular flexibility index (Phi) is 7.25. The fourth-order valence-corrected chi connectivity index (χ4v) is 3.70. The molecule has 1 heterocycles. The van der Waals surface area contributed by atoms with Crippen LogP contribution in [0.5, 0.6) is 23.1 Å². The van der Waals surface area contributed by atoms with Crippen LogP contribution in [0.2, 0.25) is 0 Å². The summed E-state index contributed by atoms with van der Waals surface area (Å²) in [5.41, 5.74) is -1.20. The number of sulfone groups is 1. The molecule has 180 valence electrons. The first-order valence-corrected chi connectivity index (χ1v) is 11.1. The summed E-state index contributed by atoms with van der Waals surface area (Å²) < 4.78 is 79.5. The highest BCUT2D eigenvalue weighted by Gasteiger charge is 2.31. The summed E-state index contributed by atoms with van der Waals surface area (Å²) in [4.78, 5) is 19.7. The highest BCUT2D eigenvalue weighted by molar-refractivity contribution is 7.92. The molecule has 3 rings (SSSR count). The maximum atomic E-state index is 12.8. The summed E-state index contributed by atoms with van der Waals surface area (Å²) in [6.07, 6.45) is -3.49. The average Bonchev–Trinajstić information content (AvgIpc) is 2.78. The molecule has 0 aliphatic heterocycles. The van der Waals surface area contributed by atoms with Crippen LogP contribution in [0.1, 0.15) is 5.56 Å². The largest absolute Gasteiger partial charge is 0.496 e. The number of aromatic nitrogens is 2. The fourth-order valence-electron chi connectivity index (χ4n) is 2.70. The zero-order valence-corrected chi connectivity index (χ0v) is 18.6. The highest BCUT2D eigenvalue weighted by Crippen LogP contribution is 2.31. The Hall–Kier alpha value is -3.87. The van der Waals surface area contributed by atoms with E-state index in [1.807, 2.05) is 0 Å². The molecule has 0 unspecified atom stereocenters.